The molecule has 0 aliphatic heterocycles. The van der Waals surface area contributed by atoms with Crippen LogP contribution in [-0.2, 0) is 17.8 Å². The Kier molecular flexibility index (Phi) is 4.36. The van der Waals surface area contributed by atoms with Gasteiger partial charge in [0, 0.05) is 15.8 Å². The van der Waals surface area contributed by atoms with Crippen molar-refractivity contribution in [3.63, 3.8) is 0 Å². The standard InChI is InChI=1S/C21H17NO2S/c23-21(12-16-7-3-6-15-5-1-2-8-19(15)16)22-13-18-11-17(14-25-18)20-9-4-10-24-20/h1-11,14H,12-13H2,(H,22,23). The van der Waals surface area contributed by atoms with Gasteiger partial charge in [-0.3, -0.25) is 4.79 Å². The third-order valence-corrected chi connectivity index (χ3v) is 5.09. The molecular formula is C21H17NO2S. The van der Waals surface area contributed by atoms with Crippen LogP contribution >= 0.6 is 11.3 Å². The van der Waals surface area contributed by atoms with Gasteiger partial charge in [-0.15, -0.1) is 11.3 Å². The summed E-state index contributed by atoms with van der Waals surface area (Å²) in [6.07, 6.45) is 2.05. The van der Waals surface area contributed by atoms with E-state index in [1.165, 1.54) is 0 Å². The number of amides is 1. The topological polar surface area (TPSA) is 42.2 Å². The van der Waals surface area contributed by atoms with Crippen LogP contribution in [0.4, 0.5) is 0 Å². The summed E-state index contributed by atoms with van der Waals surface area (Å²) >= 11 is 1.62. The molecule has 4 rings (SSSR count). The number of thiophene rings is 1. The molecule has 0 aliphatic carbocycles. The van der Waals surface area contributed by atoms with Crippen molar-refractivity contribution in [3.05, 3.63) is 82.7 Å². The molecule has 0 atom stereocenters. The van der Waals surface area contributed by atoms with Crippen molar-refractivity contribution in [1.29, 1.82) is 0 Å². The fourth-order valence-electron chi connectivity index (χ4n) is 2.91. The van der Waals surface area contributed by atoms with Crippen LogP contribution in [0.3, 0.4) is 0 Å². The molecule has 0 fully saturated rings. The number of benzene rings is 2. The molecule has 25 heavy (non-hydrogen) atoms. The lowest BCUT2D eigenvalue weighted by atomic mass is 10.0. The van der Waals surface area contributed by atoms with E-state index < -0.39 is 0 Å². The van der Waals surface area contributed by atoms with E-state index in [-0.39, 0.29) is 5.91 Å². The second kappa shape index (κ2) is 6.95. The van der Waals surface area contributed by atoms with Gasteiger partial charge in [-0.05, 0) is 34.5 Å². The quantitative estimate of drug-likeness (QED) is 0.551. The van der Waals surface area contributed by atoms with Gasteiger partial charge in [-0.1, -0.05) is 42.5 Å². The smallest absolute Gasteiger partial charge is 0.224 e. The Balaban J connectivity index is 1.41. The van der Waals surface area contributed by atoms with Crippen molar-refractivity contribution >= 4 is 28.0 Å². The molecule has 0 aliphatic rings. The van der Waals surface area contributed by atoms with Crippen LogP contribution in [0.25, 0.3) is 22.1 Å². The third-order valence-electron chi connectivity index (χ3n) is 4.15. The van der Waals surface area contributed by atoms with Gasteiger partial charge in [-0.2, -0.15) is 0 Å². The molecule has 2 aromatic heterocycles. The molecule has 0 unspecified atom stereocenters. The minimum Gasteiger partial charge on any atom is -0.464 e. The fourth-order valence-corrected chi connectivity index (χ4v) is 3.73. The first-order valence-corrected chi connectivity index (χ1v) is 9.02. The first-order chi connectivity index (χ1) is 12.3. The number of nitrogens with one attached hydrogen (secondary N) is 1. The Labute approximate surface area is 149 Å². The SMILES string of the molecule is O=C(Cc1cccc2ccccc12)NCc1cc(-c2ccco2)cs1. The first-order valence-electron chi connectivity index (χ1n) is 8.14. The molecule has 3 nitrogen and oxygen atoms in total. The van der Waals surface area contributed by atoms with Crippen molar-refractivity contribution in [2.75, 3.05) is 0 Å². The van der Waals surface area contributed by atoms with Crippen molar-refractivity contribution in [2.24, 2.45) is 0 Å². The van der Waals surface area contributed by atoms with Gasteiger partial charge >= 0.3 is 0 Å². The molecule has 0 bridgehead atoms. The van der Waals surface area contributed by atoms with E-state index >= 15 is 0 Å². The van der Waals surface area contributed by atoms with Gasteiger partial charge in [0.15, 0.2) is 0 Å². The zero-order chi connectivity index (χ0) is 17.1. The maximum atomic E-state index is 12.3. The van der Waals surface area contributed by atoms with Crippen molar-refractivity contribution in [3.8, 4) is 11.3 Å². The summed E-state index contributed by atoms with van der Waals surface area (Å²) in [6.45, 7) is 0.537. The number of hydrogen-bond donors (Lipinski definition) is 1. The number of rotatable bonds is 5. The average molecular weight is 347 g/mol. The van der Waals surface area contributed by atoms with Gasteiger partial charge < -0.3 is 9.73 Å². The lowest BCUT2D eigenvalue weighted by Crippen LogP contribution is -2.24. The van der Waals surface area contributed by atoms with Crippen molar-refractivity contribution in [2.45, 2.75) is 13.0 Å². The molecule has 0 saturated carbocycles. The molecule has 4 aromatic rings. The van der Waals surface area contributed by atoms with Crippen LogP contribution in [0, 0.1) is 0 Å². The number of carbonyl (C=O) groups excluding carboxylic acids is 1. The maximum absolute atomic E-state index is 12.3. The lowest BCUT2D eigenvalue weighted by Gasteiger charge is -2.07. The number of carbonyl (C=O) groups is 1. The van der Waals surface area contributed by atoms with Crippen LogP contribution in [0.2, 0.25) is 0 Å². The molecule has 124 valence electrons. The minimum atomic E-state index is 0.0318. The first kappa shape index (κ1) is 15.7. The molecule has 2 aromatic carbocycles. The number of furan rings is 1. The number of fused-ring (bicyclic) bond motifs is 1. The molecule has 2 heterocycles. The van der Waals surface area contributed by atoms with E-state index in [1.807, 2.05) is 41.8 Å². The summed E-state index contributed by atoms with van der Waals surface area (Å²) in [5.74, 6) is 0.883. The van der Waals surface area contributed by atoms with Crippen LogP contribution in [-0.4, -0.2) is 5.91 Å². The Morgan fingerprint density at radius 2 is 1.92 bits per heavy atom. The molecular weight excluding hydrogens is 330 g/mol. The highest BCUT2D eigenvalue weighted by atomic mass is 32.1. The predicted molar refractivity (Wildman–Crippen MR) is 102 cm³/mol. The summed E-state index contributed by atoms with van der Waals surface area (Å²) in [7, 11) is 0. The van der Waals surface area contributed by atoms with Crippen molar-refractivity contribution in [1.82, 2.24) is 5.32 Å². The minimum absolute atomic E-state index is 0.0318. The fraction of sp³-hybridized carbons (Fsp3) is 0.0952. The van der Waals surface area contributed by atoms with Crippen molar-refractivity contribution < 1.29 is 9.21 Å². The summed E-state index contributed by atoms with van der Waals surface area (Å²) in [5.41, 5.74) is 2.10. The Morgan fingerprint density at radius 1 is 1.04 bits per heavy atom. The second-order valence-corrected chi connectivity index (χ2v) is 6.87. The van der Waals surface area contributed by atoms with E-state index in [9.17, 15) is 4.79 Å². The third kappa shape index (κ3) is 3.49. The highest BCUT2D eigenvalue weighted by Crippen LogP contribution is 2.26. The lowest BCUT2D eigenvalue weighted by molar-refractivity contribution is -0.120. The highest BCUT2D eigenvalue weighted by molar-refractivity contribution is 7.10. The molecule has 0 spiro atoms. The van der Waals surface area contributed by atoms with E-state index in [1.54, 1.807) is 17.6 Å². The van der Waals surface area contributed by atoms with E-state index in [2.05, 4.69) is 29.6 Å². The van der Waals surface area contributed by atoms with Crippen LogP contribution in [0.15, 0.2) is 76.7 Å². The molecule has 1 amide bonds. The van der Waals surface area contributed by atoms with Crippen LogP contribution in [0.1, 0.15) is 10.4 Å². The molecule has 4 heteroatoms. The summed E-state index contributed by atoms with van der Waals surface area (Å²) in [4.78, 5) is 13.4. The van der Waals surface area contributed by atoms with Gasteiger partial charge in [0.1, 0.15) is 5.76 Å². The predicted octanol–water partition coefficient (Wildman–Crippen LogP) is 5.02. The normalized spacial score (nSPS) is 10.9. The second-order valence-electron chi connectivity index (χ2n) is 5.87. The maximum Gasteiger partial charge on any atom is 0.224 e. The highest BCUT2D eigenvalue weighted by Gasteiger charge is 2.09. The van der Waals surface area contributed by atoms with Crippen LogP contribution < -0.4 is 5.32 Å². The largest absolute Gasteiger partial charge is 0.464 e. The van der Waals surface area contributed by atoms with Gasteiger partial charge in [0.05, 0.1) is 19.2 Å². The zero-order valence-corrected chi connectivity index (χ0v) is 14.4. The van der Waals surface area contributed by atoms with Crippen LogP contribution in [0.5, 0.6) is 0 Å². The van der Waals surface area contributed by atoms with E-state index in [0.29, 0.717) is 13.0 Å². The van der Waals surface area contributed by atoms with Gasteiger partial charge in [-0.25, -0.2) is 0 Å². The Hall–Kier alpha value is -2.85. The van der Waals surface area contributed by atoms with Gasteiger partial charge in [0.25, 0.3) is 0 Å². The molecule has 0 saturated heterocycles. The monoisotopic (exact) mass is 347 g/mol. The summed E-state index contributed by atoms with van der Waals surface area (Å²) < 4.78 is 5.40. The molecule has 1 N–H and O–H groups in total. The Bertz CT molecular complexity index is 996. The van der Waals surface area contributed by atoms with E-state index in [0.717, 1.165) is 32.5 Å². The van der Waals surface area contributed by atoms with Gasteiger partial charge in [0.2, 0.25) is 5.91 Å². The number of hydrogen-bond acceptors (Lipinski definition) is 3. The summed E-state index contributed by atoms with van der Waals surface area (Å²) in [6, 6.07) is 20.1. The molecule has 0 radical (unpaired) electrons. The zero-order valence-electron chi connectivity index (χ0n) is 13.6. The van der Waals surface area contributed by atoms with E-state index in [4.69, 9.17) is 4.42 Å². The summed E-state index contributed by atoms with van der Waals surface area (Å²) in [5, 5.41) is 7.36. The Morgan fingerprint density at radius 3 is 2.80 bits per heavy atom. The average Bonchev–Trinajstić information content (AvgIpc) is 3.32.